The number of rotatable bonds is 2. The van der Waals surface area contributed by atoms with Crippen LogP contribution in [0.15, 0.2) is 30.6 Å². The molecule has 3 aromatic rings. The highest BCUT2D eigenvalue weighted by molar-refractivity contribution is 5.84. The summed E-state index contributed by atoms with van der Waals surface area (Å²) in [5.74, 6) is 0. The average Bonchev–Trinajstić information content (AvgIpc) is 3.20. The molecular weight excluding hydrogens is 426 g/mol. The second-order valence-corrected chi connectivity index (χ2v) is 11.3. The number of likely N-dealkylation sites (tertiary alicyclic amines) is 1. The van der Waals surface area contributed by atoms with Crippen LogP contribution in [0.4, 0.5) is 4.79 Å². The lowest BCUT2D eigenvalue weighted by Crippen LogP contribution is -2.37. The molecule has 1 amide bonds. The zero-order valence-corrected chi connectivity index (χ0v) is 20.5. The number of aromatic nitrogens is 2. The molecule has 1 aliphatic carbocycles. The van der Waals surface area contributed by atoms with E-state index in [1.54, 1.807) is 0 Å². The molecule has 6 nitrogen and oxygen atoms in total. The van der Waals surface area contributed by atoms with Crippen molar-refractivity contribution in [3.8, 4) is 11.1 Å². The van der Waals surface area contributed by atoms with Gasteiger partial charge in [0.05, 0.1) is 18.2 Å². The van der Waals surface area contributed by atoms with Gasteiger partial charge in [-0.3, -0.25) is 0 Å². The van der Waals surface area contributed by atoms with Crippen molar-refractivity contribution in [1.82, 2.24) is 14.9 Å². The van der Waals surface area contributed by atoms with E-state index in [-0.39, 0.29) is 17.7 Å². The smallest absolute Gasteiger partial charge is 0.410 e. The first-order chi connectivity index (χ1) is 16.2. The Morgan fingerprint density at radius 2 is 2.06 bits per heavy atom. The van der Waals surface area contributed by atoms with Crippen molar-refractivity contribution in [2.24, 2.45) is 0 Å². The fourth-order valence-electron chi connectivity index (χ4n) is 5.56. The van der Waals surface area contributed by atoms with Gasteiger partial charge in [-0.15, -0.1) is 0 Å². The summed E-state index contributed by atoms with van der Waals surface area (Å²) in [6.07, 6.45) is 8.86. The van der Waals surface area contributed by atoms with Crippen LogP contribution >= 0.6 is 0 Å². The number of pyridine rings is 1. The van der Waals surface area contributed by atoms with Gasteiger partial charge in [0.2, 0.25) is 0 Å². The molecule has 1 aromatic carbocycles. The van der Waals surface area contributed by atoms with Crippen LogP contribution in [0.2, 0.25) is 0 Å². The normalized spacial score (nSPS) is 21.2. The van der Waals surface area contributed by atoms with Gasteiger partial charge in [0.15, 0.2) is 0 Å². The van der Waals surface area contributed by atoms with Crippen molar-refractivity contribution in [2.75, 3.05) is 6.54 Å². The van der Waals surface area contributed by atoms with Gasteiger partial charge < -0.3 is 19.4 Å². The van der Waals surface area contributed by atoms with Crippen molar-refractivity contribution in [1.29, 1.82) is 0 Å². The fraction of sp³-hybridized carbons (Fsp3) is 0.500. The first kappa shape index (κ1) is 21.7. The Hall–Kier alpha value is -2.86. The second kappa shape index (κ2) is 7.57. The number of hydrogen-bond donors (Lipinski definition) is 1. The number of hydrogen-bond acceptors (Lipinski definition) is 4. The molecule has 3 aliphatic rings. The van der Waals surface area contributed by atoms with Gasteiger partial charge in [0.25, 0.3) is 0 Å². The number of nitrogens with one attached hydrogen (secondary N) is 1. The molecule has 1 atom stereocenters. The van der Waals surface area contributed by atoms with Gasteiger partial charge >= 0.3 is 6.09 Å². The Morgan fingerprint density at radius 1 is 1.24 bits per heavy atom. The number of fused-ring (bicyclic) bond motifs is 2. The molecule has 0 radical (unpaired) electrons. The second-order valence-electron chi connectivity index (χ2n) is 11.3. The predicted octanol–water partition coefficient (Wildman–Crippen LogP) is 6.22. The topological polar surface area (TPSA) is 67.5 Å². The lowest BCUT2D eigenvalue weighted by Gasteiger charge is -2.33. The number of carbonyl (C=O) groups is 1. The summed E-state index contributed by atoms with van der Waals surface area (Å²) in [6.45, 7) is 9.22. The zero-order chi connectivity index (χ0) is 23.7. The SMILES string of the molecule is Cc1c[nH]c2ncc(-c3cc4c(c([C@@H]5CCCN5C(=O)OC(C)(C)C)c3)COC3(CC3)C4)cc12. The molecule has 1 spiro atoms. The third-order valence-corrected chi connectivity index (χ3v) is 7.53. The average molecular weight is 460 g/mol. The van der Waals surface area contributed by atoms with Crippen molar-refractivity contribution in [3.05, 3.63) is 52.8 Å². The van der Waals surface area contributed by atoms with Crippen molar-refractivity contribution in [2.45, 2.75) is 83.6 Å². The number of benzene rings is 1. The van der Waals surface area contributed by atoms with Gasteiger partial charge in [0, 0.05) is 36.3 Å². The van der Waals surface area contributed by atoms with E-state index in [1.807, 2.05) is 38.1 Å². The van der Waals surface area contributed by atoms with E-state index in [1.165, 1.54) is 22.3 Å². The molecule has 2 aromatic heterocycles. The number of nitrogens with zero attached hydrogens (tertiary/aromatic N) is 2. The number of H-pyrrole nitrogens is 1. The van der Waals surface area contributed by atoms with Crippen molar-refractivity contribution in [3.63, 3.8) is 0 Å². The Morgan fingerprint density at radius 3 is 2.82 bits per heavy atom. The maximum Gasteiger partial charge on any atom is 0.410 e. The van der Waals surface area contributed by atoms with Crippen LogP contribution in [-0.2, 0) is 22.5 Å². The molecule has 6 heteroatoms. The highest BCUT2D eigenvalue weighted by atomic mass is 16.6. The Labute approximate surface area is 200 Å². The van der Waals surface area contributed by atoms with Crippen LogP contribution in [0.3, 0.4) is 0 Å². The maximum absolute atomic E-state index is 13.1. The molecule has 34 heavy (non-hydrogen) atoms. The van der Waals surface area contributed by atoms with Crippen molar-refractivity contribution >= 4 is 17.1 Å². The Bertz CT molecular complexity index is 1280. The Kier molecular flexibility index (Phi) is 4.82. The van der Waals surface area contributed by atoms with Gasteiger partial charge in [-0.25, -0.2) is 9.78 Å². The van der Waals surface area contributed by atoms with E-state index < -0.39 is 5.60 Å². The minimum atomic E-state index is -0.511. The molecule has 178 valence electrons. The molecule has 6 rings (SSSR count). The third-order valence-electron chi connectivity index (χ3n) is 7.53. The first-order valence-corrected chi connectivity index (χ1v) is 12.4. The molecule has 2 aliphatic heterocycles. The lowest BCUT2D eigenvalue weighted by atomic mass is 9.86. The molecule has 1 saturated carbocycles. The highest BCUT2D eigenvalue weighted by Gasteiger charge is 2.47. The van der Waals surface area contributed by atoms with Crippen LogP contribution in [0, 0.1) is 6.92 Å². The van der Waals surface area contributed by atoms with E-state index in [0.29, 0.717) is 6.61 Å². The zero-order valence-electron chi connectivity index (χ0n) is 20.5. The summed E-state index contributed by atoms with van der Waals surface area (Å²) in [6, 6.07) is 6.84. The summed E-state index contributed by atoms with van der Waals surface area (Å²) in [4.78, 5) is 22.9. The number of amides is 1. The molecule has 0 bridgehead atoms. The quantitative estimate of drug-likeness (QED) is 0.494. The number of aromatic amines is 1. The van der Waals surface area contributed by atoms with Crippen LogP contribution in [-0.4, -0.2) is 38.7 Å². The molecule has 1 N–H and O–H groups in total. The van der Waals surface area contributed by atoms with E-state index in [9.17, 15) is 4.79 Å². The molecule has 2 fully saturated rings. The van der Waals surface area contributed by atoms with Crippen LogP contribution in [0.1, 0.15) is 74.8 Å². The third kappa shape index (κ3) is 3.78. The van der Waals surface area contributed by atoms with E-state index in [0.717, 1.165) is 60.8 Å². The van der Waals surface area contributed by atoms with E-state index >= 15 is 0 Å². The molecule has 4 heterocycles. The summed E-state index contributed by atoms with van der Waals surface area (Å²) in [5.41, 5.74) is 7.72. The van der Waals surface area contributed by atoms with Gasteiger partial charge in [0.1, 0.15) is 11.2 Å². The van der Waals surface area contributed by atoms with E-state index in [2.05, 4.69) is 35.1 Å². The summed E-state index contributed by atoms with van der Waals surface area (Å²) in [7, 11) is 0. The maximum atomic E-state index is 13.1. The number of carbonyl (C=O) groups excluding carboxylic acids is 1. The molecule has 0 unspecified atom stereocenters. The van der Waals surface area contributed by atoms with Crippen LogP contribution < -0.4 is 0 Å². The van der Waals surface area contributed by atoms with Gasteiger partial charge in [-0.05, 0) is 93.3 Å². The first-order valence-electron chi connectivity index (χ1n) is 12.4. The van der Waals surface area contributed by atoms with Crippen LogP contribution in [0.5, 0.6) is 0 Å². The number of ether oxygens (including phenoxy) is 2. The van der Waals surface area contributed by atoms with Gasteiger partial charge in [-0.2, -0.15) is 0 Å². The lowest BCUT2D eigenvalue weighted by molar-refractivity contribution is 0.00584. The summed E-state index contributed by atoms with van der Waals surface area (Å²) in [5, 5.41) is 1.15. The fourth-order valence-corrected chi connectivity index (χ4v) is 5.56. The van der Waals surface area contributed by atoms with E-state index in [4.69, 9.17) is 9.47 Å². The largest absolute Gasteiger partial charge is 0.444 e. The number of aryl methyl sites for hydroxylation is 1. The summed E-state index contributed by atoms with van der Waals surface area (Å²) < 4.78 is 12.1. The molecule has 1 saturated heterocycles. The Balaban J connectivity index is 1.44. The van der Waals surface area contributed by atoms with Crippen molar-refractivity contribution < 1.29 is 14.3 Å². The van der Waals surface area contributed by atoms with Gasteiger partial charge in [-0.1, -0.05) is 6.07 Å². The standard InChI is InChI=1S/C28H33N3O3/c1-17-14-29-25-21(17)12-20(15-30-25)18-10-19-13-28(7-8-28)33-16-23(19)22(11-18)24-6-5-9-31(24)26(32)34-27(2,3)4/h10-12,14-15,24H,5-9,13,16H2,1-4H3,(H,29,30)/t24-/m0/s1. The molecular formula is C28H33N3O3. The van der Waals surface area contributed by atoms with Crippen LogP contribution in [0.25, 0.3) is 22.2 Å². The minimum absolute atomic E-state index is 0.00564. The minimum Gasteiger partial charge on any atom is -0.444 e. The highest BCUT2D eigenvalue weighted by Crippen LogP contribution is 2.49. The predicted molar refractivity (Wildman–Crippen MR) is 132 cm³/mol. The monoisotopic (exact) mass is 459 g/mol. The summed E-state index contributed by atoms with van der Waals surface area (Å²) >= 11 is 0.